The molecule has 0 amide bonds. The highest BCUT2D eigenvalue weighted by Crippen LogP contribution is 2.55. The number of hydrogen-bond donors (Lipinski definition) is 1. The number of halogens is 1. The van der Waals surface area contributed by atoms with Crippen molar-refractivity contribution in [3.05, 3.63) is 29.6 Å². The Labute approximate surface area is 125 Å². The molecule has 112 valence electrons. The maximum atomic E-state index is 13.4. The molecule has 0 aromatic heterocycles. The van der Waals surface area contributed by atoms with Gasteiger partial charge in [-0.1, -0.05) is 12.8 Å². The highest BCUT2D eigenvalue weighted by atomic mass is 19.1. The first-order chi connectivity index (χ1) is 10.2. The lowest BCUT2D eigenvalue weighted by molar-refractivity contribution is -0.114. The summed E-state index contributed by atoms with van der Waals surface area (Å²) in [5, 5.41) is 12.4. The number of nitrogens with zero attached hydrogens (tertiary/aromatic N) is 1. The summed E-state index contributed by atoms with van der Waals surface area (Å²) in [6.45, 7) is 2.80. The number of anilines is 1. The number of ether oxygens (including phenoxy) is 1. The molecule has 0 aliphatic heterocycles. The van der Waals surface area contributed by atoms with Crippen molar-refractivity contribution in [2.24, 2.45) is 5.41 Å². The van der Waals surface area contributed by atoms with E-state index in [1.807, 2.05) is 13.0 Å². The van der Waals surface area contributed by atoms with Crippen molar-refractivity contribution < 1.29 is 9.13 Å². The molecule has 2 atom stereocenters. The fraction of sp³-hybridized carbons (Fsp3) is 0.588. The number of benzene rings is 1. The van der Waals surface area contributed by atoms with Gasteiger partial charge in [-0.15, -0.1) is 0 Å². The van der Waals surface area contributed by atoms with Crippen LogP contribution in [0.2, 0.25) is 0 Å². The molecule has 2 aliphatic carbocycles. The summed E-state index contributed by atoms with van der Waals surface area (Å²) in [7, 11) is 0. The van der Waals surface area contributed by atoms with E-state index in [-0.39, 0.29) is 11.0 Å². The second-order valence-corrected chi connectivity index (χ2v) is 6.12. The van der Waals surface area contributed by atoms with E-state index >= 15 is 0 Å². The Kier molecular flexibility index (Phi) is 3.86. The second kappa shape index (κ2) is 5.65. The van der Waals surface area contributed by atoms with Gasteiger partial charge < -0.3 is 10.1 Å². The smallest absolute Gasteiger partial charge is 0.141 e. The van der Waals surface area contributed by atoms with Crippen molar-refractivity contribution in [2.75, 3.05) is 11.9 Å². The molecule has 3 nitrogen and oxygen atoms in total. The van der Waals surface area contributed by atoms with E-state index in [9.17, 15) is 4.39 Å². The molecule has 0 radical (unpaired) electrons. The van der Waals surface area contributed by atoms with Crippen LogP contribution in [0.5, 0.6) is 0 Å². The topological polar surface area (TPSA) is 45.0 Å². The summed E-state index contributed by atoms with van der Waals surface area (Å²) < 4.78 is 19.3. The van der Waals surface area contributed by atoms with Crippen molar-refractivity contribution >= 4 is 5.69 Å². The van der Waals surface area contributed by atoms with Crippen molar-refractivity contribution in [3.8, 4) is 6.07 Å². The first kappa shape index (κ1) is 14.3. The molecule has 2 unspecified atom stereocenters. The molecule has 21 heavy (non-hydrogen) atoms. The van der Waals surface area contributed by atoms with Crippen LogP contribution in [-0.2, 0) is 4.74 Å². The molecule has 1 N–H and O–H groups in total. The SMILES string of the molecule is CCOC1CC(Nc2ccc(F)c(C#N)c2)C12CCCC2. The van der Waals surface area contributed by atoms with Crippen LogP contribution >= 0.6 is 0 Å². The summed E-state index contributed by atoms with van der Waals surface area (Å²) in [6, 6.07) is 6.94. The summed E-state index contributed by atoms with van der Waals surface area (Å²) in [6.07, 6.45) is 6.25. The average molecular weight is 288 g/mol. The molecule has 1 aromatic rings. The van der Waals surface area contributed by atoms with Crippen LogP contribution in [-0.4, -0.2) is 18.8 Å². The molecule has 0 saturated heterocycles. The van der Waals surface area contributed by atoms with Crippen LogP contribution < -0.4 is 5.32 Å². The van der Waals surface area contributed by atoms with E-state index in [2.05, 4.69) is 5.32 Å². The lowest BCUT2D eigenvalue weighted by Crippen LogP contribution is -2.60. The van der Waals surface area contributed by atoms with Crippen LogP contribution in [0, 0.1) is 22.6 Å². The zero-order valence-corrected chi connectivity index (χ0v) is 12.4. The van der Waals surface area contributed by atoms with Crippen molar-refractivity contribution in [2.45, 2.75) is 51.2 Å². The Morgan fingerprint density at radius 3 is 2.86 bits per heavy atom. The first-order valence-electron chi connectivity index (χ1n) is 7.77. The van der Waals surface area contributed by atoms with Crippen molar-refractivity contribution in [1.29, 1.82) is 5.26 Å². The predicted octanol–water partition coefficient (Wildman–Crippen LogP) is 3.85. The van der Waals surface area contributed by atoms with Gasteiger partial charge in [-0.25, -0.2) is 4.39 Å². The van der Waals surface area contributed by atoms with Gasteiger partial charge in [-0.05, 0) is 44.4 Å². The van der Waals surface area contributed by atoms with E-state index in [1.165, 1.54) is 31.7 Å². The molecular weight excluding hydrogens is 267 g/mol. The molecule has 2 fully saturated rings. The molecule has 1 spiro atoms. The second-order valence-electron chi connectivity index (χ2n) is 6.12. The minimum absolute atomic E-state index is 0.0983. The lowest BCUT2D eigenvalue weighted by Gasteiger charge is -2.54. The van der Waals surface area contributed by atoms with Gasteiger partial charge in [0.05, 0.1) is 11.7 Å². The number of nitrogens with one attached hydrogen (secondary N) is 1. The maximum absolute atomic E-state index is 13.4. The number of rotatable bonds is 4. The Morgan fingerprint density at radius 1 is 1.43 bits per heavy atom. The molecule has 1 aromatic carbocycles. The third-order valence-electron chi connectivity index (χ3n) is 5.12. The van der Waals surface area contributed by atoms with Crippen molar-refractivity contribution in [1.82, 2.24) is 0 Å². The van der Waals surface area contributed by atoms with Gasteiger partial charge in [0.15, 0.2) is 0 Å². The Hall–Kier alpha value is -1.60. The molecule has 4 heteroatoms. The fourth-order valence-corrected chi connectivity index (χ4v) is 3.99. The Balaban J connectivity index is 1.75. The van der Waals surface area contributed by atoms with Gasteiger partial charge in [0.25, 0.3) is 0 Å². The molecule has 2 aliphatic rings. The average Bonchev–Trinajstić information content (AvgIpc) is 3.00. The highest BCUT2D eigenvalue weighted by Gasteiger charge is 2.56. The van der Waals surface area contributed by atoms with E-state index in [1.54, 1.807) is 12.1 Å². The van der Waals surface area contributed by atoms with E-state index in [0.717, 1.165) is 18.7 Å². The summed E-state index contributed by atoms with van der Waals surface area (Å²) in [5.41, 5.74) is 1.16. The van der Waals surface area contributed by atoms with Crippen molar-refractivity contribution in [3.63, 3.8) is 0 Å². The summed E-state index contributed by atoms with van der Waals surface area (Å²) in [4.78, 5) is 0. The van der Waals surface area contributed by atoms with Gasteiger partial charge in [-0.3, -0.25) is 0 Å². The third kappa shape index (κ3) is 2.40. The third-order valence-corrected chi connectivity index (χ3v) is 5.12. The van der Waals surface area contributed by atoms with Gasteiger partial charge in [0.1, 0.15) is 11.9 Å². The standard InChI is InChI=1S/C17H21FN2O/c1-2-21-16-10-15(17(16)7-3-4-8-17)20-13-5-6-14(18)12(9-13)11-19/h5-6,9,15-16,20H,2-4,7-8,10H2,1H3. The molecule has 0 bridgehead atoms. The summed E-state index contributed by atoms with van der Waals surface area (Å²) in [5.74, 6) is -0.459. The van der Waals surface area contributed by atoms with Crippen LogP contribution in [0.1, 0.15) is 44.6 Å². The van der Waals surface area contributed by atoms with E-state index in [4.69, 9.17) is 10.00 Å². The normalized spacial score (nSPS) is 26.3. The van der Waals surface area contributed by atoms with Gasteiger partial charge in [0, 0.05) is 23.8 Å². The van der Waals surface area contributed by atoms with Crippen LogP contribution in [0.15, 0.2) is 18.2 Å². The molecule has 0 heterocycles. The Morgan fingerprint density at radius 2 is 2.19 bits per heavy atom. The monoisotopic (exact) mass is 288 g/mol. The predicted molar refractivity (Wildman–Crippen MR) is 79.5 cm³/mol. The zero-order valence-electron chi connectivity index (χ0n) is 12.4. The van der Waals surface area contributed by atoms with Crippen LogP contribution in [0.4, 0.5) is 10.1 Å². The van der Waals surface area contributed by atoms with Gasteiger partial charge in [-0.2, -0.15) is 5.26 Å². The minimum atomic E-state index is -0.459. The quantitative estimate of drug-likeness (QED) is 0.915. The van der Waals surface area contributed by atoms with Gasteiger partial charge in [0.2, 0.25) is 0 Å². The molecule has 3 rings (SSSR count). The minimum Gasteiger partial charge on any atom is -0.382 e. The van der Waals surface area contributed by atoms with E-state index < -0.39 is 5.82 Å². The van der Waals surface area contributed by atoms with Crippen LogP contribution in [0.25, 0.3) is 0 Å². The highest BCUT2D eigenvalue weighted by molar-refractivity contribution is 5.51. The van der Waals surface area contributed by atoms with E-state index in [0.29, 0.717) is 12.1 Å². The number of hydrogen-bond acceptors (Lipinski definition) is 3. The molecular formula is C17H21FN2O. The molecule has 2 saturated carbocycles. The zero-order chi connectivity index (χ0) is 14.9. The number of nitriles is 1. The largest absolute Gasteiger partial charge is 0.382 e. The fourth-order valence-electron chi connectivity index (χ4n) is 3.99. The maximum Gasteiger partial charge on any atom is 0.141 e. The van der Waals surface area contributed by atoms with Crippen LogP contribution in [0.3, 0.4) is 0 Å². The lowest BCUT2D eigenvalue weighted by atomic mass is 9.60. The first-order valence-corrected chi connectivity index (χ1v) is 7.77. The Bertz CT molecular complexity index is 560. The van der Waals surface area contributed by atoms with Gasteiger partial charge >= 0.3 is 0 Å². The summed E-state index contributed by atoms with van der Waals surface area (Å²) >= 11 is 0.